The number of unbranched alkanes of at least 4 members (excludes halogenated alkanes) is 2. The predicted octanol–water partition coefficient (Wildman–Crippen LogP) is 7.42. The summed E-state index contributed by atoms with van der Waals surface area (Å²) in [6, 6.07) is 19.3. The molecule has 0 bridgehead atoms. The Hall–Kier alpha value is -1.99. The molecule has 1 aliphatic rings. The van der Waals surface area contributed by atoms with Crippen LogP contribution in [-0.4, -0.2) is 12.5 Å². The molecular weight excluding hydrogens is 364 g/mol. The number of alkyl halides is 1. The molecule has 0 aliphatic heterocycles. The fraction of sp³-hybridized carbons (Fsp3) is 0.385. The predicted molar refractivity (Wildman–Crippen MR) is 121 cm³/mol. The van der Waals surface area contributed by atoms with E-state index in [4.69, 9.17) is 16.3 Å². The topological polar surface area (TPSA) is 9.23 Å². The van der Waals surface area contributed by atoms with Gasteiger partial charge in [0.15, 0.2) is 0 Å². The summed E-state index contributed by atoms with van der Waals surface area (Å²) in [5, 5.41) is 0. The molecule has 0 aromatic heterocycles. The molecular formula is C26H31ClO. The van der Waals surface area contributed by atoms with E-state index in [2.05, 4.69) is 85.8 Å². The molecule has 3 rings (SSSR count). The largest absolute Gasteiger partial charge is 0.494 e. The highest BCUT2D eigenvalue weighted by Gasteiger charge is 2.29. The zero-order valence-corrected chi connectivity index (χ0v) is 17.6. The van der Waals surface area contributed by atoms with Gasteiger partial charge in [-0.3, -0.25) is 0 Å². The fourth-order valence-corrected chi connectivity index (χ4v) is 3.97. The van der Waals surface area contributed by atoms with E-state index in [1.54, 1.807) is 0 Å². The monoisotopic (exact) mass is 394 g/mol. The number of benzene rings is 2. The fourth-order valence-electron chi connectivity index (χ4n) is 3.78. The molecule has 0 atom stereocenters. The minimum absolute atomic E-state index is 0.0563. The molecule has 2 aromatic carbocycles. The molecule has 0 amide bonds. The number of hydrogen-bond donors (Lipinski definition) is 0. The van der Waals surface area contributed by atoms with Crippen molar-refractivity contribution in [3.05, 3.63) is 90.0 Å². The number of ether oxygens (including phenoxy) is 1. The van der Waals surface area contributed by atoms with E-state index in [9.17, 15) is 0 Å². The Labute approximate surface area is 175 Å². The molecule has 0 saturated carbocycles. The zero-order chi connectivity index (χ0) is 19.7. The van der Waals surface area contributed by atoms with Gasteiger partial charge < -0.3 is 4.74 Å². The van der Waals surface area contributed by atoms with E-state index in [0.29, 0.717) is 5.92 Å². The van der Waals surface area contributed by atoms with E-state index in [1.807, 2.05) is 0 Å². The summed E-state index contributed by atoms with van der Waals surface area (Å²) in [5.41, 5.74) is 2.60. The highest BCUT2D eigenvalue weighted by Crippen LogP contribution is 2.39. The van der Waals surface area contributed by atoms with Crippen molar-refractivity contribution >= 4 is 11.6 Å². The molecule has 0 saturated heterocycles. The molecule has 28 heavy (non-hydrogen) atoms. The van der Waals surface area contributed by atoms with Crippen molar-refractivity contribution in [2.24, 2.45) is 0 Å². The first kappa shape index (κ1) is 20.7. The SMILES string of the molecule is CCCCOc1ccc(C2(CCCCCl)C=CC(c3ccccc3)C=C2)cc1. The minimum Gasteiger partial charge on any atom is -0.494 e. The summed E-state index contributed by atoms with van der Waals surface area (Å²) in [6.07, 6.45) is 15.0. The van der Waals surface area contributed by atoms with E-state index < -0.39 is 0 Å². The second-order valence-corrected chi connectivity index (χ2v) is 7.95. The lowest BCUT2D eigenvalue weighted by atomic mass is 9.72. The summed E-state index contributed by atoms with van der Waals surface area (Å²) in [7, 11) is 0. The van der Waals surface area contributed by atoms with E-state index in [1.165, 1.54) is 11.1 Å². The Bertz CT molecular complexity index is 747. The highest BCUT2D eigenvalue weighted by atomic mass is 35.5. The third-order valence-corrected chi connectivity index (χ3v) is 5.79. The zero-order valence-electron chi connectivity index (χ0n) is 16.8. The van der Waals surface area contributed by atoms with Crippen LogP contribution in [0.15, 0.2) is 78.9 Å². The van der Waals surface area contributed by atoms with Gasteiger partial charge in [0, 0.05) is 17.2 Å². The van der Waals surface area contributed by atoms with E-state index in [0.717, 1.165) is 50.3 Å². The second-order valence-electron chi connectivity index (χ2n) is 7.57. The van der Waals surface area contributed by atoms with Gasteiger partial charge in [0.05, 0.1) is 6.61 Å². The number of rotatable bonds is 10. The van der Waals surface area contributed by atoms with Gasteiger partial charge in [-0.25, -0.2) is 0 Å². The van der Waals surface area contributed by atoms with Gasteiger partial charge in [-0.15, -0.1) is 11.6 Å². The summed E-state index contributed by atoms with van der Waals surface area (Å²) in [4.78, 5) is 0. The van der Waals surface area contributed by atoms with Crippen LogP contribution in [0.2, 0.25) is 0 Å². The van der Waals surface area contributed by atoms with Crippen molar-refractivity contribution in [3.63, 3.8) is 0 Å². The van der Waals surface area contributed by atoms with Crippen LogP contribution in [0.3, 0.4) is 0 Å². The van der Waals surface area contributed by atoms with Gasteiger partial charge in [-0.05, 0) is 42.5 Å². The standard InChI is InChI=1S/C26H31ClO/c1-2-3-21-28-25-13-11-24(12-14-25)26(17-7-8-20-27)18-15-23(16-19-26)22-9-5-4-6-10-22/h4-6,9-16,18-19,23H,2-3,7-8,17,20-21H2,1H3. The van der Waals surface area contributed by atoms with Crippen LogP contribution in [0.4, 0.5) is 0 Å². The van der Waals surface area contributed by atoms with Gasteiger partial charge in [0.1, 0.15) is 5.75 Å². The minimum atomic E-state index is -0.0563. The first-order chi connectivity index (χ1) is 13.8. The third kappa shape index (κ3) is 5.29. The maximum absolute atomic E-state index is 5.94. The maximum atomic E-state index is 5.94. The molecule has 0 N–H and O–H groups in total. The van der Waals surface area contributed by atoms with Gasteiger partial charge in [0.2, 0.25) is 0 Å². The lowest BCUT2D eigenvalue weighted by Crippen LogP contribution is -2.23. The summed E-state index contributed by atoms with van der Waals surface area (Å²) in [5.74, 6) is 2.03. The van der Waals surface area contributed by atoms with Crippen molar-refractivity contribution in [2.45, 2.75) is 50.4 Å². The van der Waals surface area contributed by atoms with Crippen LogP contribution in [0.1, 0.15) is 56.1 Å². The lowest BCUT2D eigenvalue weighted by Gasteiger charge is -2.32. The Balaban J connectivity index is 1.78. The quantitative estimate of drug-likeness (QED) is 0.231. The number of allylic oxidation sites excluding steroid dienone is 4. The second kappa shape index (κ2) is 10.5. The molecule has 1 nitrogen and oxygen atoms in total. The Morgan fingerprint density at radius 3 is 2.25 bits per heavy atom. The average Bonchev–Trinajstić information content (AvgIpc) is 2.76. The Morgan fingerprint density at radius 2 is 1.61 bits per heavy atom. The van der Waals surface area contributed by atoms with Crippen molar-refractivity contribution in [1.29, 1.82) is 0 Å². The molecule has 0 unspecified atom stereocenters. The molecule has 0 fully saturated rings. The van der Waals surface area contributed by atoms with Crippen LogP contribution < -0.4 is 4.74 Å². The number of halogens is 1. The van der Waals surface area contributed by atoms with Crippen molar-refractivity contribution in [2.75, 3.05) is 12.5 Å². The van der Waals surface area contributed by atoms with Crippen molar-refractivity contribution < 1.29 is 4.74 Å². The van der Waals surface area contributed by atoms with E-state index in [-0.39, 0.29) is 5.41 Å². The van der Waals surface area contributed by atoms with E-state index >= 15 is 0 Å². The average molecular weight is 395 g/mol. The third-order valence-electron chi connectivity index (χ3n) is 5.52. The number of hydrogen-bond acceptors (Lipinski definition) is 1. The highest BCUT2D eigenvalue weighted by molar-refractivity contribution is 6.17. The normalized spacial score (nSPS) is 21.0. The van der Waals surface area contributed by atoms with Gasteiger partial charge in [-0.1, -0.05) is 86.5 Å². The summed E-state index contributed by atoms with van der Waals surface area (Å²) >= 11 is 5.94. The molecule has 0 heterocycles. The molecule has 2 aromatic rings. The van der Waals surface area contributed by atoms with Gasteiger partial charge in [0.25, 0.3) is 0 Å². The van der Waals surface area contributed by atoms with Gasteiger partial charge in [-0.2, -0.15) is 0 Å². The maximum Gasteiger partial charge on any atom is 0.119 e. The van der Waals surface area contributed by atoms with Crippen LogP contribution >= 0.6 is 11.6 Å². The Kier molecular flexibility index (Phi) is 7.80. The van der Waals surface area contributed by atoms with Crippen molar-refractivity contribution in [1.82, 2.24) is 0 Å². The lowest BCUT2D eigenvalue weighted by molar-refractivity contribution is 0.309. The van der Waals surface area contributed by atoms with Crippen LogP contribution in [0.25, 0.3) is 0 Å². The molecule has 2 heteroatoms. The smallest absolute Gasteiger partial charge is 0.119 e. The summed E-state index contributed by atoms with van der Waals surface area (Å²) < 4.78 is 5.84. The van der Waals surface area contributed by atoms with Crippen molar-refractivity contribution in [3.8, 4) is 5.75 Å². The Morgan fingerprint density at radius 1 is 0.893 bits per heavy atom. The molecule has 1 aliphatic carbocycles. The molecule has 0 spiro atoms. The van der Waals surface area contributed by atoms with Gasteiger partial charge >= 0.3 is 0 Å². The first-order valence-electron chi connectivity index (χ1n) is 10.5. The summed E-state index contributed by atoms with van der Waals surface area (Å²) in [6.45, 7) is 2.97. The van der Waals surface area contributed by atoms with Crippen LogP contribution in [0, 0.1) is 0 Å². The van der Waals surface area contributed by atoms with Crippen LogP contribution in [0.5, 0.6) is 5.75 Å². The molecule has 0 radical (unpaired) electrons. The molecule has 148 valence electrons. The van der Waals surface area contributed by atoms with Crippen LogP contribution in [-0.2, 0) is 5.41 Å². The first-order valence-corrected chi connectivity index (χ1v) is 11.0.